The fraction of sp³-hybridized carbons (Fsp3) is 0.700. The lowest BCUT2D eigenvalue weighted by molar-refractivity contribution is 0.594. The number of rotatable bonds is 7. The van der Waals surface area contributed by atoms with E-state index in [1.54, 1.807) is 6.33 Å². The van der Waals surface area contributed by atoms with Crippen LogP contribution in [0.25, 0.3) is 0 Å². The molecule has 0 amide bonds. The molecule has 1 aromatic heterocycles. The van der Waals surface area contributed by atoms with Gasteiger partial charge in [-0.05, 0) is 13.0 Å². The zero-order chi connectivity index (χ0) is 12.0. The van der Waals surface area contributed by atoms with Crippen molar-refractivity contribution < 1.29 is 8.42 Å². The normalized spacial score (nSPS) is 11.9. The molecule has 0 aliphatic carbocycles. The molecule has 0 saturated heterocycles. The van der Waals surface area contributed by atoms with Crippen LogP contribution in [0.1, 0.15) is 19.0 Å². The molecule has 0 aliphatic heterocycles. The molecule has 0 fully saturated rings. The summed E-state index contributed by atoms with van der Waals surface area (Å²) in [6, 6.07) is 0. The highest BCUT2D eigenvalue weighted by molar-refractivity contribution is 7.90. The van der Waals surface area contributed by atoms with Crippen molar-refractivity contribution in [2.24, 2.45) is 0 Å². The topological polar surface area (TPSA) is 64.0 Å². The van der Waals surface area contributed by atoms with Gasteiger partial charge in [-0.25, -0.2) is 13.4 Å². The van der Waals surface area contributed by atoms with Crippen LogP contribution in [0.5, 0.6) is 0 Å². The second-order valence-electron chi connectivity index (χ2n) is 3.91. The van der Waals surface area contributed by atoms with Gasteiger partial charge in [-0.1, -0.05) is 6.92 Å². The summed E-state index contributed by atoms with van der Waals surface area (Å²) >= 11 is 0. The molecular formula is C10H19N3O2S. The standard InChI is InChI=1S/C10H19N3O2S/c1-3-4-11-7-10-8-13(9-12-10)5-6-16(2,14)15/h8-9,11H,3-7H2,1-2H3. The number of sulfone groups is 1. The van der Waals surface area contributed by atoms with Crippen LogP contribution in [0, 0.1) is 0 Å². The Kier molecular flexibility index (Phi) is 4.95. The van der Waals surface area contributed by atoms with Crippen LogP contribution in [0.2, 0.25) is 0 Å². The number of hydrogen-bond donors (Lipinski definition) is 1. The Morgan fingerprint density at radius 2 is 2.25 bits per heavy atom. The van der Waals surface area contributed by atoms with E-state index in [1.165, 1.54) is 6.26 Å². The largest absolute Gasteiger partial charge is 0.336 e. The molecule has 1 rings (SSSR count). The minimum atomic E-state index is -2.90. The highest BCUT2D eigenvalue weighted by Gasteiger charge is 2.03. The maximum atomic E-state index is 11.0. The van der Waals surface area contributed by atoms with Crippen molar-refractivity contribution in [2.45, 2.75) is 26.4 Å². The van der Waals surface area contributed by atoms with Crippen LogP contribution in [0.4, 0.5) is 0 Å². The van der Waals surface area contributed by atoms with Gasteiger partial charge >= 0.3 is 0 Å². The summed E-state index contributed by atoms with van der Waals surface area (Å²) in [5, 5.41) is 3.24. The maximum Gasteiger partial charge on any atom is 0.149 e. The molecule has 0 bridgehead atoms. The zero-order valence-corrected chi connectivity index (χ0v) is 10.6. The van der Waals surface area contributed by atoms with Crippen molar-refractivity contribution in [2.75, 3.05) is 18.6 Å². The summed E-state index contributed by atoms with van der Waals surface area (Å²) < 4.78 is 23.8. The van der Waals surface area contributed by atoms with Crippen LogP contribution in [-0.2, 0) is 22.9 Å². The van der Waals surface area contributed by atoms with Gasteiger partial charge in [0, 0.05) is 25.5 Å². The highest BCUT2D eigenvalue weighted by Crippen LogP contribution is 1.97. The molecule has 0 radical (unpaired) electrons. The van der Waals surface area contributed by atoms with Gasteiger partial charge in [0.15, 0.2) is 0 Å². The van der Waals surface area contributed by atoms with Crippen LogP contribution < -0.4 is 5.32 Å². The van der Waals surface area contributed by atoms with Gasteiger partial charge in [0.05, 0.1) is 17.8 Å². The lowest BCUT2D eigenvalue weighted by Crippen LogP contribution is -2.14. The van der Waals surface area contributed by atoms with E-state index < -0.39 is 9.84 Å². The Morgan fingerprint density at radius 1 is 1.50 bits per heavy atom. The van der Waals surface area contributed by atoms with Gasteiger partial charge < -0.3 is 9.88 Å². The molecule has 1 aromatic rings. The van der Waals surface area contributed by atoms with Gasteiger partial charge in [0.2, 0.25) is 0 Å². The van der Waals surface area contributed by atoms with Crippen LogP contribution in [0.15, 0.2) is 12.5 Å². The summed E-state index contributed by atoms with van der Waals surface area (Å²) in [6.45, 7) is 4.28. The molecule has 0 saturated carbocycles. The predicted octanol–water partition coefficient (Wildman–Crippen LogP) is 0.427. The summed E-state index contributed by atoms with van der Waals surface area (Å²) in [4.78, 5) is 4.19. The van der Waals surface area contributed by atoms with Crippen LogP contribution >= 0.6 is 0 Å². The van der Waals surface area contributed by atoms with Crippen molar-refractivity contribution >= 4 is 9.84 Å². The highest BCUT2D eigenvalue weighted by atomic mass is 32.2. The van der Waals surface area contributed by atoms with Crippen LogP contribution in [-0.4, -0.2) is 36.5 Å². The minimum Gasteiger partial charge on any atom is -0.336 e. The lowest BCUT2D eigenvalue weighted by atomic mass is 10.4. The SMILES string of the molecule is CCCNCc1cn(CCS(C)(=O)=O)cn1. The summed E-state index contributed by atoms with van der Waals surface area (Å²) in [6.07, 6.45) is 5.89. The van der Waals surface area contributed by atoms with Crippen molar-refractivity contribution in [3.8, 4) is 0 Å². The Balaban J connectivity index is 2.39. The van der Waals surface area contributed by atoms with Crippen molar-refractivity contribution in [3.63, 3.8) is 0 Å². The average Bonchev–Trinajstić information content (AvgIpc) is 2.62. The van der Waals surface area contributed by atoms with Crippen molar-refractivity contribution in [3.05, 3.63) is 18.2 Å². The Hall–Kier alpha value is -0.880. The first-order chi connectivity index (χ1) is 7.51. The minimum absolute atomic E-state index is 0.158. The number of aromatic nitrogens is 2. The van der Waals surface area contributed by atoms with Crippen LogP contribution in [0.3, 0.4) is 0 Å². The Bertz CT molecular complexity index is 411. The molecule has 0 spiro atoms. The molecular weight excluding hydrogens is 226 g/mol. The average molecular weight is 245 g/mol. The fourth-order valence-electron chi connectivity index (χ4n) is 1.28. The molecule has 1 heterocycles. The first kappa shape index (κ1) is 13.2. The number of imidazole rings is 1. The molecule has 5 nitrogen and oxygen atoms in total. The number of nitrogens with one attached hydrogen (secondary N) is 1. The molecule has 0 atom stereocenters. The number of hydrogen-bond acceptors (Lipinski definition) is 4. The fourth-order valence-corrected chi connectivity index (χ4v) is 1.83. The van der Waals surface area contributed by atoms with E-state index in [0.29, 0.717) is 6.54 Å². The molecule has 0 aromatic carbocycles. The third kappa shape index (κ3) is 5.27. The van der Waals surface area contributed by atoms with E-state index in [9.17, 15) is 8.42 Å². The quantitative estimate of drug-likeness (QED) is 0.707. The molecule has 0 aliphatic rings. The Morgan fingerprint density at radius 3 is 2.88 bits per heavy atom. The van der Waals surface area contributed by atoms with E-state index in [-0.39, 0.29) is 5.75 Å². The molecule has 92 valence electrons. The molecule has 6 heteroatoms. The first-order valence-corrected chi connectivity index (χ1v) is 7.46. The molecule has 1 N–H and O–H groups in total. The second kappa shape index (κ2) is 6.00. The molecule has 0 unspecified atom stereocenters. The zero-order valence-electron chi connectivity index (χ0n) is 9.81. The van der Waals surface area contributed by atoms with E-state index in [1.807, 2.05) is 10.8 Å². The van der Waals surface area contributed by atoms with Gasteiger partial charge in [-0.3, -0.25) is 0 Å². The summed E-state index contributed by atoms with van der Waals surface area (Å²) in [5.74, 6) is 0.158. The van der Waals surface area contributed by atoms with E-state index in [4.69, 9.17) is 0 Å². The third-order valence-electron chi connectivity index (χ3n) is 2.14. The first-order valence-electron chi connectivity index (χ1n) is 5.40. The molecule has 16 heavy (non-hydrogen) atoms. The van der Waals surface area contributed by atoms with Gasteiger partial charge in [-0.2, -0.15) is 0 Å². The second-order valence-corrected chi connectivity index (χ2v) is 6.17. The van der Waals surface area contributed by atoms with E-state index in [0.717, 1.165) is 25.2 Å². The van der Waals surface area contributed by atoms with E-state index >= 15 is 0 Å². The smallest absolute Gasteiger partial charge is 0.149 e. The number of nitrogens with zero attached hydrogens (tertiary/aromatic N) is 2. The third-order valence-corrected chi connectivity index (χ3v) is 3.06. The number of aryl methyl sites for hydroxylation is 1. The maximum absolute atomic E-state index is 11.0. The predicted molar refractivity (Wildman–Crippen MR) is 63.9 cm³/mol. The van der Waals surface area contributed by atoms with Crippen molar-refractivity contribution in [1.29, 1.82) is 0 Å². The lowest BCUT2D eigenvalue weighted by Gasteiger charge is -2.00. The van der Waals surface area contributed by atoms with Gasteiger partial charge in [0.1, 0.15) is 9.84 Å². The summed E-state index contributed by atoms with van der Waals surface area (Å²) in [5.41, 5.74) is 0.946. The Labute approximate surface area is 96.8 Å². The monoisotopic (exact) mass is 245 g/mol. The van der Waals surface area contributed by atoms with Crippen molar-refractivity contribution in [1.82, 2.24) is 14.9 Å². The van der Waals surface area contributed by atoms with Gasteiger partial charge in [0.25, 0.3) is 0 Å². The van der Waals surface area contributed by atoms with Gasteiger partial charge in [-0.15, -0.1) is 0 Å². The van der Waals surface area contributed by atoms with E-state index in [2.05, 4.69) is 17.2 Å². The summed E-state index contributed by atoms with van der Waals surface area (Å²) in [7, 11) is -2.90.